The lowest BCUT2D eigenvalue weighted by molar-refractivity contribution is -0.289. The van der Waals surface area contributed by atoms with E-state index in [1.165, 1.54) is 62.5 Å². The lowest BCUT2D eigenvalue weighted by Crippen LogP contribution is -2.71. The summed E-state index contributed by atoms with van der Waals surface area (Å²) < 4.78 is 7.26. The second-order valence-electron chi connectivity index (χ2n) is 14.5. The smallest absolute Gasteiger partial charge is 0.115 e. The highest BCUT2D eigenvalue weighted by molar-refractivity contribution is 5.38. The van der Waals surface area contributed by atoms with Gasteiger partial charge in [-0.3, -0.25) is 0 Å². The maximum Gasteiger partial charge on any atom is 0.115 e. The van der Waals surface area contributed by atoms with Gasteiger partial charge in [0, 0.05) is 18.4 Å². The molecule has 5 fully saturated rings. The van der Waals surface area contributed by atoms with Gasteiger partial charge in [0.15, 0.2) is 0 Å². The first-order valence-corrected chi connectivity index (χ1v) is 14.8. The quantitative estimate of drug-likeness (QED) is 0.458. The maximum atomic E-state index is 10.3. The van der Waals surface area contributed by atoms with Crippen molar-refractivity contribution in [2.45, 2.75) is 116 Å². The van der Waals surface area contributed by atoms with Gasteiger partial charge in [-0.1, -0.05) is 31.8 Å². The maximum absolute atomic E-state index is 10.3. The highest BCUT2D eigenvalue weighted by Crippen LogP contribution is 2.63. The van der Waals surface area contributed by atoms with Gasteiger partial charge in [0.25, 0.3) is 0 Å². The van der Waals surface area contributed by atoms with Gasteiger partial charge in [0.05, 0.1) is 17.1 Å². The molecule has 1 aromatic rings. The van der Waals surface area contributed by atoms with Crippen molar-refractivity contribution in [3.8, 4) is 17.6 Å². The predicted molar refractivity (Wildman–Crippen MR) is 145 cm³/mol. The van der Waals surface area contributed by atoms with Crippen LogP contribution in [0.3, 0.4) is 0 Å². The van der Waals surface area contributed by atoms with Gasteiger partial charge in [-0.05, 0) is 130 Å². The molecule has 8 atom stereocenters. The van der Waals surface area contributed by atoms with E-state index in [1.54, 1.807) is 0 Å². The molecule has 3 nitrogen and oxygen atoms in total. The number of rotatable bonds is 2. The Morgan fingerprint density at radius 3 is 2.72 bits per heavy atom. The molecule has 7 rings (SSSR count). The standard InChI is InChI=1S/C33H47NO2/c1-21(2)14-22-10-12-32(18-22)19-23-15-25-8-9-27(35)17-24(25)6-5-7-29-30(34)28-11-13-33(29,26(16-23)20-32)36-31(28,3)4/h8-9,17,21-23,26,28-30,35H,6,10-16,18-20,34H2,1-4H3/t22-,23-,26+,28+,29-,30-,32+,33+/m0/s1. The number of phenolic OH excluding ortho intramolecular Hbond substituents is 1. The average Bonchev–Trinajstić information content (AvgIpc) is 3.15. The van der Waals surface area contributed by atoms with Crippen LogP contribution in [0.1, 0.15) is 96.6 Å². The highest BCUT2D eigenvalue weighted by Gasteiger charge is 2.64. The lowest BCUT2D eigenvalue weighted by atomic mass is 9.51. The normalized spacial score (nSPS) is 42.8. The predicted octanol–water partition coefficient (Wildman–Crippen LogP) is 6.64. The summed E-state index contributed by atoms with van der Waals surface area (Å²) in [4.78, 5) is 0. The van der Waals surface area contributed by atoms with Crippen LogP contribution in [0.25, 0.3) is 0 Å². The molecule has 0 radical (unpaired) electrons. The van der Waals surface area contributed by atoms with Crippen molar-refractivity contribution in [2.75, 3.05) is 0 Å². The van der Waals surface area contributed by atoms with Crippen molar-refractivity contribution in [1.29, 1.82) is 0 Å². The van der Waals surface area contributed by atoms with Crippen molar-refractivity contribution in [3.05, 3.63) is 29.3 Å². The van der Waals surface area contributed by atoms with Gasteiger partial charge in [-0.25, -0.2) is 0 Å². The first-order valence-electron chi connectivity index (χ1n) is 14.8. The number of hydrogen-bond acceptors (Lipinski definition) is 3. The molecule has 2 saturated heterocycles. The molecule has 0 amide bonds. The number of nitrogens with two attached hydrogens (primary N) is 1. The number of fused-ring (bicyclic) bond motifs is 5. The van der Waals surface area contributed by atoms with Crippen LogP contribution in [0.2, 0.25) is 0 Å². The molecule has 196 valence electrons. The van der Waals surface area contributed by atoms with Crippen LogP contribution in [0.15, 0.2) is 18.2 Å². The highest BCUT2D eigenvalue weighted by atomic mass is 16.5. The van der Waals surface area contributed by atoms with Gasteiger partial charge in [-0.15, -0.1) is 0 Å². The van der Waals surface area contributed by atoms with Crippen LogP contribution in [0.4, 0.5) is 0 Å². The number of benzene rings is 1. The molecule has 2 spiro atoms. The molecule has 0 aromatic heterocycles. The molecule has 6 aliphatic rings. The third-order valence-corrected chi connectivity index (χ3v) is 11.1. The number of ether oxygens (including phenoxy) is 1. The van der Waals surface area contributed by atoms with Crippen molar-refractivity contribution >= 4 is 0 Å². The Morgan fingerprint density at radius 1 is 1.11 bits per heavy atom. The van der Waals surface area contributed by atoms with Crippen molar-refractivity contribution in [2.24, 2.45) is 46.7 Å². The average molecular weight is 490 g/mol. The summed E-state index contributed by atoms with van der Waals surface area (Å²) in [6, 6.07) is 6.07. The molecule has 3 N–H and O–H groups in total. The van der Waals surface area contributed by atoms with E-state index in [2.05, 4.69) is 45.6 Å². The fourth-order valence-electron chi connectivity index (χ4n) is 9.96. The molecular weight excluding hydrogens is 442 g/mol. The number of phenols is 1. The lowest BCUT2D eigenvalue weighted by Gasteiger charge is -2.64. The van der Waals surface area contributed by atoms with E-state index < -0.39 is 0 Å². The fourth-order valence-corrected chi connectivity index (χ4v) is 9.96. The van der Waals surface area contributed by atoms with Crippen molar-refractivity contribution < 1.29 is 9.84 Å². The van der Waals surface area contributed by atoms with Gasteiger partial charge in [-0.2, -0.15) is 0 Å². The van der Waals surface area contributed by atoms with Crippen LogP contribution in [0.5, 0.6) is 5.75 Å². The SMILES string of the molecule is CC(C)C[C@@H]1CC[C@@]2(C1)C[C@H]1Cc3ccc(O)cc3CC#C[C@H]3[C@@H](N)[C@H]4CC[C@@]3(OC4(C)C)[C@H](C1)C2. The molecule has 3 saturated carbocycles. The van der Waals surface area contributed by atoms with Crippen LogP contribution < -0.4 is 5.73 Å². The number of hydrogen-bond donors (Lipinski definition) is 2. The Hall–Kier alpha value is -1.50. The topological polar surface area (TPSA) is 55.5 Å². The van der Waals surface area contributed by atoms with E-state index in [1.807, 2.05) is 12.1 Å². The van der Waals surface area contributed by atoms with Crippen LogP contribution in [0, 0.1) is 52.8 Å². The Balaban J connectivity index is 1.43. The minimum absolute atomic E-state index is 0.0768. The van der Waals surface area contributed by atoms with E-state index in [0.29, 0.717) is 35.3 Å². The molecule has 2 heterocycles. The summed E-state index contributed by atoms with van der Waals surface area (Å²) >= 11 is 0. The summed E-state index contributed by atoms with van der Waals surface area (Å²) in [6.45, 7) is 9.35. The molecule has 2 aliphatic heterocycles. The van der Waals surface area contributed by atoms with E-state index in [0.717, 1.165) is 24.7 Å². The zero-order chi connectivity index (χ0) is 25.3. The van der Waals surface area contributed by atoms with E-state index in [4.69, 9.17) is 10.5 Å². The largest absolute Gasteiger partial charge is 0.508 e. The van der Waals surface area contributed by atoms with Crippen molar-refractivity contribution in [1.82, 2.24) is 0 Å². The van der Waals surface area contributed by atoms with Gasteiger partial charge in [0.2, 0.25) is 0 Å². The molecular formula is C33H47NO2. The molecule has 4 aliphatic carbocycles. The fraction of sp³-hybridized carbons (Fsp3) is 0.758. The molecule has 36 heavy (non-hydrogen) atoms. The number of aromatic hydroxyl groups is 1. The minimum Gasteiger partial charge on any atom is -0.508 e. The monoisotopic (exact) mass is 489 g/mol. The van der Waals surface area contributed by atoms with Crippen LogP contribution in [-0.4, -0.2) is 22.4 Å². The summed E-state index contributed by atoms with van der Waals surface area (Å²) in [5, 5.41) is 10.3. The van der Waals surface area contributed by atoms with Gasteiger partial charge < -0.3 is 15.6 Å². The minimum atomic E-state index is -0.217. The third-order valence-electron chi connectivity index (χ3n) is 11.1. The zero-order valence-corrected chi connectivity index (χ0v) is 23.0. The second kappa shape index (κ2) is 8.78. The van der Waals surface area contributed by atoms with Crippen LogP contribution >= 0.6 is 0 Å². The summed E-state index contributed by atoms with van der Waals surface area (Å²) in [7, 11) is 0. The van der Waals surface area contributed by atoms with E-state index in [9.17, 15) is 5.11 Å². The third kappa shape index (κ3) is 4.12. The van der Waals surface area contributed by atoms with Crippen LogP contribution in [-0.2, 0) is 17.6 Å². The van der Waals surface area contributed by atoms with Gasteiger partial charge in [0.1, 0.15) is 5.75 Å². The summed E-state index contributed by atoms with van der Waals surface area (Å²) in [6.07, 6.45) is 13.5. The Morgan fingerprint density at radius 2 is 1.94 bits per heavy atom. The first kappa shape index (κ1) is 24.8. The zero-order valence-electron chi connectivity index (χ0n) is 23.0. The summed E-state index contributed by atoms with van der Waals surface area (Å²) in [5.41, 5.74) is 9.72. The van der Waals surface area contributed by atoms with Gasteiger partial charge >= 0.3 is 0 Å². The Bertz CT molecular complexity index is 1070. The first-order chi connectivity index (χ1) is 17.1. The Labute approximate surface area is 219 Å². The molecule has 4 bridgehead atoms. The second-order valence-corrected chi connectivity index (χ2v) is 14.5. The Kier molecular flexibility index (Phi) is 6.05. The summed E-state index contributed by atoms with van der Waals surface area (Å²) in [5.74, 6) is 10.9. The molecule has 3 heteroatoms. The molecule has 0 unspecified atom stereocenters. The van der Waals surface area contributed by atoms with Crippen molar-refractivity contribution in [3.63, 3.8) is 0 Å². The van der Waals surface area contributed by atoms with E-state index in [-0.39, 0.29) is 23.2 Å². The van der Waals surface area contributed by atoms with E-state index >= 15 is 0 Å². The molecule has 1 aromatic carbocycles.